The molecule has 2 saturated carbocycles. The summed E-state index contributed by atoms with van der Waals surface area (Å²) in [6.07, 6.45) is 6.84. The Bertz CT molecular complexity index is 582. The quantitative estimate of drug-likeness (QED) is 0.754. The van der Waals surface area contributed by atoms with E-state index in [0.29, 0.717) is 12.3 Å². The summed E-state index contributed by atoms with van der Waals surface area (Å²) in [5.74, 6) is -0.0636. The molecule has 25 heavy (non-hydrogen) atoms. The Labute approximate surface area is 151 Å². The number of rotatable bonds is 3. The first-order chi connectivity index (χ1) is 11.6. The van der Waals surface area contributed by atoms with Gasteiger partial charge >= 0.3 is 5.97 Å². The second-order valence-electron chi connectivity index (χ2n) is 9.44. The summed E-state index contributed by atoms with van der Waals surface area (Å²) in [4.78, 5) is 12.1. The molecule has 0 aromatic rings. The number of ether oxygens (including phenoxy) is 1. The minimum atomic E-state index is -0.729. The Morgan fingerprint density at radius 1 is 1.28 bits per heavy atom. The molecule has 3 aliphatic carbocycles. The standard InChI is InChI=1S/C21H34O4/c1-13(2)21(25-5)10-7-15-14(12-21)16(22)11-17-19(15,3)8-6-9-20(17,4)18(23)24/h12-13,15-17,22H,6-11H2,1-5H3,(H,23,24)/t15-,16+,17+,19+,20+,21+/m0/s1. The molecule has 2 fully saturated rings. The first kappa shape index (κ1) is 18.9. The van der Waals surface area contributed by atoms with Crippen LogP contribution in [0, 0.1) is 28.6 Å². The van der Waals surface area contributed by atoms with Gasteiger partial charge in [0.2, 0.25) is 0 Å². The predicted molar refractivity (Wildman–Crippen MR) is 97.2 cm³/mol. The average Bonchev–Trinajstić information content (AvgIpc) is 2.56. The van der Waals surface area contributed by atoms with E-state index in [1.807, 2.05) is 6.92 Å². The van der Waals surface area contributed by atoms with Crippen LogP contribution < -0.4 is 0 Å². The molecule has 0 unspecified atom stereocenters. The molecule has 0 spiro atoms. The van der Waals surface area contributed by atoms with Crippen molar-refractivity contribution in [2.45, 2.75) is 77.9 Å². The van der Waals surface area contributed by atoms with Gasteiger partial charge in [-0.15, -0.1) is 0 Å². The Morgan fingerprint density at radius 3 is 2.52 bits per heavy atom. The number of carboxylic acid groups (broad SMARTS) is 1. The average molecular weight is 350 g/mol. The number of hydrogen-bond donors (Lipinski definition) is 2. The molecular weight excluding hydrogens is 316 g/mol. The largest absolute Gasteiger partial charge is 0.481 e. The van der Waals surface area contributed by atoms with Crippen LogP contribution in [0.2, 0.25) is 0 Å². The maximum atomic E-state index is 12.1. The Balaban J connectivity index is 2.04. The molecule has 0 aromatic carbocycles. The van der Waals surface area contributed by atoms with Crippen molar-refractivity contribution in [2.24, 2.45) is 28.6 Å². The van der Waals surface area contributed by atoms with Gasteiger partial charge < -0.3 is 14.9 Å². The van der Waals surface area contributed by atoms with Gasteiger partial charge in [-0.3, -0.25) is 4.79 Å². The molecule has 0 heterocycles. The van der Waals surface area contributed by atoms with E-state index in [0.717, 1.165) is 37.7 Å². The van der Waals surface area contributed by atoms with Crippen LogP contribution in [0.5, 0.6) is 0 Å². The van der Waals surface area contributed by atoms with E-state index in [-0.39, 0.29) is 22.9 Å². The molecule has 4 nitrogen and oxygen atoms in total. The van der Waals surface area contributed by atoms with E-state index >= 15 is 0 Å². The summed E-state index contributed by atoms with van der Waals surface area (Å²) in [5.41, 5.74) is 0.0248. The molecule has 2 N–H and O–H groups in total. The summed E-state index contributed by atoms with van der Waals surface area (Å²) in [6, 6.07) is 0. The summed E-state index contributed by atoms with van der Waals surface area (Å²) in [5, 5.41) is 20.9. The highest BCUT2D eigenvalue weighted by molar-refractivity contribution is 5.75. The lowest BCUT2D eigenvalue weighted by molar-refractivity contribution is -0.169. The number of hydrogen-bond acceptors (Lipinski definition) is 3. The van der Waals surface area contributed by atoms with Crippen LogP contribution >= 0.6 is 0 Å². The fraction of sp³-hybridized carbons (Fsp3) is 0.857. The second-order valence-corrected chi connectivity index (χ2v) is 9.44. The van der Waals surface area contributed by atoms with E-state index in [1.165, 1.54) is 0 Å². The van der Waals surface area contributed by atoms with E-state index in [9.17, 15) is 15.0 Å². The number of aliphatic hydroxyl groups is 1. The van der Waals surface area contributed by atoms with Gasteiger partial charge in [0.25, 0.3) is 0 Å². The molecule has 0 aromatic heterocycles. The smallest absolute Gasteiger partial charge is 0.309 e. The zero-order chi connectivity index (χ0) is 18.6. The molecule has 0 saturated heterocycles. The lowest BCUT2D eigenvalue weighted by Gasteiger charge is -2.60. The molecule has 0 amide bonds. The minimum Gasteiger partial charge on any atom is -0.481 e. The summed E-state index contributed by atoms with van der Waals surface area (Å²) < 4.78 is 5.90. The number of carboxylic acids is 1. The summed E-state index contributed by atoms with van der Waals surface area (Å²) in [6.45, 7) is 8.51. The maximum Gasteiger partial charge on any atom is 0.309 e. The van der Waals surface area contributed by atoms with Crippen LogP contribution in [0.3, 0.4) is 0 Å². The topological polar surface area (TPSA) is 66.8 Å². The summed E-state index contributed by atoms with van der Waals surface area (Å²) in [7, 11) is 1.76. The highest BCUT2D eigenvalue weighted by Crippen LogP contribution is 2.63. The van der Waals surface area contributed by atoms with Crippen LogP contribution in [0.15, 0.2) is 11.6 Å². The van der Waals surface area contributed by atoms with Crippen molar-refractivity contribution in [3.8, 4) is 0 Å². The number of aliphatic carboxylic acids is 1. The molecule has 0 aliphatic heterocycles. The SMILES string of the molecule is CO[C@@]1(C(C)C)C=C2[C@H](O)C[C@@H]3[C@](C)(CCC[C@@]3(C)C(=O)O)[C@H]2CC1. The van der Waals surface area contributed by atoms with E-state index < -0.39 is 17.5 Å². The van der Waals surface area contributed by atoms with Gasteiger partial charge in [-0.05, 0) is 67.8 Å². The molecule has 6 atom stereocenters. The third-order valence-electron chi connectivity index (χ3n) is 8.10. The molecule has 3 aliphatic rings. The fourth-order valence-corrected chi connectivity index (χ4v) is 6.36. The molecule has 3 rings (SSSR count). The first-order valence-corrected chi connectivity index (χ1v) is 9.80. The Hall–Kier alpha value is -0.870. The summed E-state index contributed by atoms with van der Waals surface area (Å²) >= 11 is 0. The van der Waals surface area contributed by atoms with Crippen LogP contribution in [0.25, 0.3) is 0 Å². The fourth-order valence-electron chi connectivity index (χ4n) is 6.36. The molecule has 4 heteroatoms. The van der Waals surface area contributed by atoms with Crippen LogP contribution in [-0.2, 0) is 9.53 Å². The van der Waals surface area contributed by atoms with Crippen molar-refractivity contribution in [1.82, 2.24) is 0 Å². The number of carbonyl (C=O) groups is 1. The van der Waals surface area contributed by atoms with Gasteiger partial charge in [-0.2, -0.15) is 0 Å². The zero-order valence-electron chi connectivity index (χ0n) is 16.3. The van der Waals surface area contributed by atoms with Gasteiger partial charge in [-0.1, -0.05) is 33.3 Å². The van der Waals surface area contributed by atoms with Gasteiger partial charge in [0.1, 0.15) is 0 Å². The second kappa shape index (κ2) is 6.09. The molecule has 0 radical (unpaired) electrons. The monoisotopic (exact) mass is 350 g/mol. The minimum absolute atomic E-state index is 0.0255. The number of fused-ring (bicyclic) bond motifs is 3. The van der Waals surface area contributed by atoms with Crippen LogP contribution in [0.1, 0.15) is 66.2 Å². The Kier molecular flexibility index (Phi) is 4.61. The number of aliphatic hydroxyl groups excluding tert-OH is 1. The molecule has 0 bridgehead atoms. The van der Waals surface area contributed by atoms with Gasteiger partial charge in [-0.25, -0.2) is 0 Å². The first-order valence-electron chi connectivity index (χ1n) is 9.80. The zero-order valence-corrected chi connectivity index (χ0v) is 16.3. The predicted octanol–water partition coefficient (Wildman–Crippen LogP) is 4.03. The van der Waals surface area contributed by atoms with Crippen molar-refractivity contribution in [3.05, 3.63) is 11.6 Å². The van der Waals surface area contributed by atoms with Gasteiger partial charge in [0, 0.05) is 7.11 Å². The lowest BCUT2D eigenvalue weighted by Crippen LogP contribution is -2.58. The highest BCUT2D eigenvalue weighted by atomic mass is 16.5. The maximum absolute atomic E-state index is 12.1. The van der Waals surface area contributed by atoms with Gasteiger partial charge in [0.15, 0.2) is 0 Å². The van der Waals surface area contributed by atoms with E-state index in [2.05, 4.69) is 26.8 Å². The van der Waals surface area contributed by atoms with E-state index in [1.54, 1.807) is 7.11 Å². The third-order valence-corrected chi connectivity index (χ3v) is 8.10. The van der Waals surface area contributed by atoms with Crippen LogP contribution in [0.4, 0.5) is 0 Å². The van der Waals surface area contributed by atoms with Crippen molar-refractivity contribution in [3.63, 3.8) is 0 Å². The molecular formula is C21H34O4. The normalized spacial score (nSPS) is 47.0. The van der Waals surface area contributed by atoms with Crippen molar-refractivity contribution >= 4 is 5.97 Å². The molecule has 142 valence electrons. The van der Waals surface area contributed by atoms with Crippen molar-refractivity contribution in [2.75, 3.05) is 7.11 Å². The van der Waals surface area contributed by atoms with Crippen LogP contribution in [-0.4, -0.2) is 35.0 Å². The van der Waals surface area contributed by atoms with Crippen molar-refractivity contribution < 1.29 is 19.7 Å². The van der Waals surface area contributed by atoms with Gasteiger partial charge in [0.05, 0.1) is 17.1 Å². The lowest BCUT2D eigenvalue weighted by atomic mass is 9.45. The third kappa shape index (κ3) is 2.59. The van der Waals surface area contributed by atoms with E-state index in [4.69, 9.17) is 4.74 Å². The number of methoxy groups -OCH3 is 1. The van der Waals surface area contributed by atoms with Crippen molar-refractivity contribution in [1.29, 1.82) is 0 Å². The Morgan fingerprint density at radius 2 is 1.96 bits per heavy atom. The highest BCUT2D eigenvalue weighted by Gasteiger charge is 2.60.